The van der Waals surface area contributed by atoms with Crippen molar-refractivity contribution < 1.29 is 19.5 Å². The molecule has 0 unspecified atom stereocenters. The number of benzene rings is 2. The van der Waals surface area contributed by atoms with Crippen LogP contribution < -0.4 is 4.90 Å². The highest BCUT2D eigenvalue weighted by molar-refractivity contribution is 6.34. The SMILES string of the molecule is O=C(O)c1ccc2c(c1)C(=O)N(c1ccc3cc[nH]c3c1)C2=O. The number of hydrogen-bond donors (Lipinski definition) is 2. The van der Waals surface area contributed by atoms with E-state index in [4.69, 9.17) is 5.11 Å². The van der Waals surface area contributed by atoms with Crippen LogP contribution in [0.5, 0.6) is 0 Å². The fourth-order valence-corrected chi connectivity index (χ4v) is 2.78. The van der Waals surface area contributed by atoms with Gasteiger partial charge in [0.15, 0.2) is 0 Å². The Kier molecular flexibility index (Phi) is 2.62. The number of carbonyl (C=O) groups is 3. The maximum atomic E-state index is 12.6. The standard InChI is InChI=1S/C17H10N2O4/c20-15-12-4-2-10(17(22)23)7-13(12)16(21)19(15)11-3-1-9-5-6-18-14(9)8-11/h1-8,18H,(H,22,23). The van der Waals surface area contributed by atoms with Gasteiger partial charge in [-0.05, 0) is 41.8 Å². The third-order valence-corrected chi connectivity index (χ3v) is 3.93. The Labute approximate surface area is 130 Å². The van der Waals surface area contributed by atoms with E-state index in [9.17, 15) is 14.4 Å². The molecule has 4 rings (SSSR count). The van der Waals surface area contributed by atoms with Gasteiger partial charge in [-0.1, -0.05) is 6.07 Å². The molecule has 2 heterocycles. The van der Waals surface area contributed by atoms with Crippen LogP contribution in [0.3, 0.4) is 0 Å². The Morgan fingerprint density at radius 2 is 1.74 bits per heavy atom. The van der Waals surface area contributed by atoms with E-state index in [1.54, 1.807) is 18.3 Å². The molecule has 0 atom stereocenters. The van der Waals surface area contributed by atoms with Crippen molar-refractivity contribution in [1.82, 2.24) is 4.98 Å². The lowest BCUT2D eigenvalue weighted by Gasteiger charge is -2.13. The average molecular weight is 306 g/mol. The third-order valence-electron chi connectivity index (χ3n) is 3.93. The summed E-state index contributed by atoms with van der Waals surface area (Å²) in [4.78, 5) is 40.2. The molecule has 1 aliphatic heterocycles. The number of amides is 2. The second-order valence-corrected chi connectivity index (χ2v) is 5.26. The fraction of sp³-hybridized carbons (Fsp3) is 0. The minimum absolute atomic E-state index is 0.0217. The highest BCUT2D eigenvalue weighted by atomic mass is 16.4. The number of carboxylic acids is 1. The molecule has 0 spiro atoms. The van der Waals surface area contributed by atoms with Crippen LogP contribution in [0.4, 0.5) is 5.69 Å². The number of carboxylic acid groups (broad SMARTS) is 1. The maximum Gasteiger partial charge on any atom is 0.335 e. The Hall–Kier alpha value is -3.41. The molecular weight excluding hydrogens is 296 g/mol. The Balaban J connectivity index is 1.83. The van der Waals surface area contributed by atoms with Gasteiger partial charge in [-0.15, -0.1) is 0 Å². The lowest BCUT2D eigenvalue weighted by atomic mass is 10.1. The summed E-state index contributed by atoms with van der Waals surface area (Å²) in [5.74, 6) is -2.11. The van der Waals surface area contributed by atoms with Crippen molar-refractivity contribution in [1.29, 1.82) is 0 Å². The third kappa shape index (κ3) is 1.85. The number of carbonyl (C=O) groups excluding carboxylic acids is 2. The zero-order chi connectivity index (χ0) is 16.1. The predicted molar refractivity (Wildman–Crippen MR) is 82.8 cm³/mol. The quantitative estimate of drug-likeness (QED) is 0.712. The maximum absolute atomic E-state index is 12.6. The van der Waals surface area contributed by atoms with Gasteiger partial charge < -0.3 is 10.1 Å². The first kappa shape index (κ1) is 13.3. The van der Waals surface area contributed by atoms with Crippen LogP contribution in [0.15, 0.2) is 48.7 Å². The van der Waals surface area contributed by atoms with Gasteiger partial charge in [-0.3, -0.25) is 9.59 Å². The number of H-pyrrole nitrogens is 1. The summed E-state index contributed by atoms with van der Waals surface area (Å²) in [6.07, 6.45) is 1.77. The fourth-order valence-electron chi connectivity index (χ4n) is 2.78. The van der Waals surface area contributed by atoms with Crippen molar-refractivity contribution in [2.75, 3.05) is 4.90 Å². The zero-order valence-corrected chi connectivity index (χ0v) is 11.7. The number of aromatic carboxylic acids is 1. The summed E-state index contributed by atoms with van der Waals surface area (Å²) in [5.41, 5.74) is 1.56. The van der Waals surface area contributed by atoms with E-state index in [1.165, 1.54) is 18.2 Å². The number of fused-ring (bicyclic) bond motifs is 2. The summed E-state index contributed by atoms with van der Waals surface area (Å²) in [5, 5.41) is 10.0. The van der Waals surface area contributed by atoms with E-state index in [0.29, 0.717) is 5.69 Å². The number of anilines is 1. The number of imide groups is 1. The van der Waals surface area contributed by atoms with Gasteiger partial charge in [0.25, 0.3) is 11.8 Å². The van der Waals surface area contributed by atoms with Gasteiger partial charge in [-0.2, -0.15) is 0 Å². The molecule has 112 valence electrons. The molecule has 0 saturated heterocycles. The number of rotatable bonds is 2. The van der Waals surface area contributed by atoms with Gasteiger partial charge >= 0.3 is 5.97 Å². The molecule has 2 aromatic carbocycles. The van der Waals surface area contributed by atoms with Crippen LogP contribution >= 0.6 is 0 Å². The highest BCUT2D eigenvalue weighted by Crippen LogP contribution is 2.30. The van der Waals surface area contributed by atoms with Gasteiger partial charge in [0.2, 0.25) is 0 Å². The van der Waals surface area contributed by atoms with E-state index in [2.05, 4.69) is 4.98 Å². The molecular formula is C17H10N2O4. The second kappa shape index (κ2) is 4.54. The van der Waals surface area contributed by atoms with Crippen LogP contribution in [0.25, 0.3) is 10.9 Å². The summed E-state index contributed by atoms with van der Waals surface area (Å²) >= 11 is 0. The number of aromatic amines is 1. The minimum Gasteiger partial charge on any atom is -0.478 e. The summed E-state index contributed by atoms with van der Waals surface area (Å²) in [6, 6.07) is 11.1. The van der Waals surface area contributed by atoms with Crippen LogP contribution in [0.2, 0.25) is 0 Å². The molecule has 3 aromatic rings. The first-order valence-electron chi connectivity index (χ1n) is 6.89. The van der Waals surface area contributed by atoms with Crippen LogP contribution in [0, 0.1) is 0 Å². The van der Waals surface area contributed by atoms with Gasteiger partial charge in [0.05, 0.1) is 22.4 Å². The van der Waals surface area contributed by atoms with Crippen molar-refractivity contribution in [3.63, 3.8) is 0 Å². The monoisotopic (exact) mass is 306 g/mol. The largest absolute Gasteiger partial charge is 0.478 e. The summed E-state index contributed by atoms with van der Waals surface area (Å²) in [6.45, 7) is 0. The molecule has 1 aliphatic rings. The molecule has 0 bridgehead atoms. The Morgan fingerprint density at radius 1 is 0.957 bits per heavy atom. The van der Waals surface area contributed by atoms with Gasteiger partial charge in [0, 0.05) is 11.7 Å². The number of hydrogen-bond acceptors (Lipinski definition) is 3. The molecule has 0 fully saturated rings. The molecule has 2 N–H and O–H groups in total. The lowest BCUT2D eigenvalue weighted by Crippen LogP contribution is -2.29. The molecule has 2 amide bonds. The van der Waals surface area contributed by atoms with Crippen molar-refractivity contribution in [3.8, 4) is 0 Å². The van der Waals surface area contributed by atoms with E-state index in [1.807, 2.05) is 12.1 Å². The zero-order valence-electron chi connectivity index (χ0n) is 11.7. The van der Waals surface area contributed by atoms with Gasteiger partial charge in [-0.25, -0.2) is 9.69 Å². The number of nitrogens with one attached hydrogen (secondary N) is 1. The van der Waals surface area contributed by atoms with E-state index in [-0.39, 0.29) is 16.7 Å². The summed E-state index contributed by atoms with van der Waals surface area (Å²) in [7, 11) is 0. The molecule has 6 nitrogen and oxygen atoms in total. The molecule has 6 heteroatoms. The molecule has 0 radical (unpaired) electrons. The molecule has 23 heavy (non-hydrogen) atoms. The first-order chi connectivity index (χ1) is 11.1. The van der Waals surface area contributed by atoms with Crippen LogP contribution in [-0.4, -0.2) is 27.9 Å². The van der Waals surface area contributed by atoms with Gasteiger partial charge in [0.1, 0.15) is 0 Å². The van der Waals surface area contributed by atoms with E-state index in [0.717, 1.165) is 15.8 Å². The molecule has 1 aromatic heterocycles. The molecule has 0 aliphatic carbocycles. The van der Waals surface area contributed by atoms with Crippen molar-refractivity contribution in [2.24, 2.45) is 0 Å². The Morgan fingerprint density at radius 3 is 2.52 bits per heavy atom. The second-order valence-electron chi connectivity index (χ2n) is 5.26. The van der Waals surface area contributed by atoms with Crippen molar-refractivity contribution >= 4 is 34.4 Å². The smallest absolute Gasteiger partial charge is 0.335 e. The number of nitrogens with zero attached hydrogens (tertiary/aromatic N) is 1. The van der Waals surface area contributed by atoms with Crippen molar-refractivity contribution in [2.45, 2.75) is 0 Å². The first-order valence-corrected chi connectivity index (χ1v) is 6.89. The highest BCUT2D eigenvalue weighted by Gasteiger charge is 2.37. The normalized spacial score (nSPS) is 13.7. The van der Waals surface area contributed by atoms with E-state index >= 15 is 0 Å². The topological polar surface area (TPSA) is 90.5 Å². The van der Waals surface area contributed by atoms with E-state index < -0.39 is 17.8 Å². The predicted octanol–water partition coefficient (Wildman–Crippen LogP) is 2.67. The van der Waals surface area contributed by atoms with Crippen molar-refractivity contribution in [3.05, 3.63) is 65.4 Å². The molecule has 0 saturated carbocycles. The van der Waals surface area contributed by atoms with Crippen LogP contribution in [0.1, 0.15) is 31.1 Å². The van der Waals surface area contributed by atoms with Crippen LogP contribution in [-0.2, 0) is 0 Å². The number of aromatic nitrogens is 1. The lowest BCUT2D eigenvalue weighted by molar-refractivity contribution is 0.0696. The summed E-state index contributed by atoms with van der Waals surface area (Å²) < 4.78 is 0. The minimum atomic E-state index is -1.14. The Bertz CT molecular complexity index is 1000. The average Bonchev–Trinajstić information content (AvgIpc) is 3.10.